The topological polar surface area (TPSA) is 41.6 Å². The average molecular weight is 290 g/mol. The molecule has 0 aliphatic carbocycles. The first kappa shape index (κ1) is 15.8. The van der Waals surface area contributed by atoms with E-state index in [-0.39, 0.29) is 5.97 Å². The van der Waals surface area contributed by atoms with Gasteiger partial charge in [0.15, 0.2) is 0 Å². The standard InChI is InChI=1S/C17H26N2O2/c1-14(2)19-12-7-10-17(11-13-19,16(20)21-3)18-15-8-5-4-6-9-15/h4-6,8-9,14,18H,7,10-13H2,1-3H3. The zero-order valence-corrected chi connectivity index (χ0v) is 13.3. The maximum Gasteiger partial charge on any atom is 0.331 e. The molecule has 1 aromatic carbocycles. The summed E-state index contributed by atoms with van der Waals surface area (Å²) in [6.07, 6.45) is 2.57. The van der Waals surface area contributed by atoms with Crippen LogP contribution in [-0.4, -0.2) is 42.6 Å². The van der Waals surface area contributed by atoms with Gasteiger partial charge in [-0.1, -0.05) is 18.2 Å². The maximum absolute atomic E-state index is 12.4. The van der Waals surface area contributed by atoms with E-state index in [1.807, 2.05) is 30.3 Å². The van der Waals surface area contributed by atoms with Crippen molar-refractivity contribution in [1.29, 1.82) is 0 Å². The highest BCUT2D eigenvalue weighted by molar-refractivity contribution is 5.84. The van der Waals surface area contributed by atoms with E-state index in [1.54, 1.807) is 0 Å². The molecule has 116 valence electrons. The number of anilines is 1. The van der Waals surface area contributed by atoms with Gasteiger partial charge in [-0.3, -0.25) is 0 Å². The second kappa shape index (κ2) is 6.94. The van der Waals surface area contributed by atoms with Crippen LogP contribution in [0, 0.1) is 0 Å². The Balaban J connectivity index is 2.19. The van der Waals surface area contributed by atoms with Crippen molar-refractivity contribution in [3.8, 4) is 0 Å². The minimum atomic E-state index is -0.611. The number of hydrogen-bond acceptors (Lipinski definition) is 4. The van der Waals surface area contributed by atoms with Gasteiger partial charge >= 0.3 is 5.97 Å². The Bertz CT molecular complexity index is 461. The number of benzene rings is 1. The fourth-order valence-corrected chi connectivity index (χ4v) is 3.04. The van der Waals surface area contributed by atoms with Gasteiger partial charge in [0.1, 0.15) is 5.54 Å². The third-order valence-electron chi connectivity index (χ3n) is 4.34. The first-order chi connectivity index (χ1) is 10.1. The lowest BCUT2D eigenvalue weighted by atomic mass is 9.90. The summed E-state index contributed by atoms with van der Waals surface area (Å²) >= 11 is 0. The third-order valence-corrected chi connectivity index (χ3v) is 4.34. The average Bonchev–Trinajstić information content (AvgIpc) is 2.71. The number of hydrogen-bond donors (Lipinski definition) is 1. The van der Waals surface area contributed by atoms with Crippen molar-refractivity contribution in [3.05, 3.63) is 30.3 Å². The van der Waals surface area contributed by atoms with E-state index in [9.17, 15) is 4.79 Å². The summed E-state index contributed by atoms with van der Waals surface area (Å²) < 4.78 is 5.10. The van der Waals surface area contributed by atoms with Crippen LogP contribution in [0.15, 0.2) is 30.3 Å². The van der Waals surface area contributed by atoms with Crippen LogP contribution in [0.3, 0.4) is 0 Å². The van der Waals surface area contributed by atoms with Gasteiger partial charge in [0.25, 0.3) is 0 Å². The Morgan fingerprint density at radius 3 is 2.57 bits per heavy atom. The number of carbonyl (C=O) groups excluding carboxylic acids is 1. The van der Waals surface area contributed by atoms with Crippen LogP contribution < -0.4 is 5.32 Å². The summed E-state index contributed by atoms with van der Waals surface area (Å²) in [5, 5.41) is 3.44. The predicted molar refractivity (Wildman–Crippen MR) is 85.4 cm³/mol. The molecule has 0 bridgehead atoms. The van der Waals surface area contributed by atoms with Gasteiger partial charge in [0.05, 0.1) is 7.11 Å². The molecule has 1 atom stereocenters. The fraction of sp³-hybridized carbons (Fsp3) is 0.588. The van der Waals surface area contributed by atoms with Crippen molar-refractivity contribution >= 4 is 11.7 Å². The Hall–Kier alpha value is -1.55. The predicted octanol–water partition coefficient (Wildman–Crippen LogP) is 2.90. The molecule has 1 aromatic rings. The highest BCUT2D eigenvalue weighted by Gasteiger charge is 2.41. The first-order valence-corrected chi connectivity index (χ1v) is 7.73. The van der Waals surface area contributed by atoms with E-state index < -0.39 is 5.54 Å². The summed E-state index contributed by atoms with van der Waals surface area (Å²) in [6, 6.07) is 10.4. The first-order valence-electron chi connectivity index (χ1n) is 7.73. The van der Waals surface area contributed by atoms with Gasteiger partial charge in [-0.05, 0) is 51.8 Å². The van der Waals surface area contributed by atoms with E-state index in [0.29, 0.717) is 6.04 Å². The molecule has 1 aliphatic rings. The fourth-order valence-electron chi connectivity index (χ4n) is 3.04. The molecule has 1 fully saturated rings. The second-order valence-corrected chi connectivity index (χ2v) is 6.05. The van der Waals surface area contributed by atoms with Gasteiger partial charge in [-0.25, -0.2) is 4.79 Å². The summed E-state index contributed by atoms with van der Waals surface area (Å²) in [6.45, 7) is 6.35. The van der Waals surface area contributed by atoms with Gasteiger partial charge in [-0.15, -0.1) is 0 Å². The number of rotatable bonds is 4. The molecule has 1 aliphatic heterocycles. The molecule has 1 heterocycles. The van der Waals surface area contributed by atoms with Gasteiger partial charge in [0.2, 0.25) is 0 Å². The van der Waals surface area contributed by atoms with Crippen LogP contribution in [0.1, 0.15) is 33.1 Å². The maximum atomic E-state index is 12.4. The summed E-state index contributed by atoms with van der Waals surface area (Å²) in [5.41, 5.74) is 0.362. The van der Waals surface area contributed by atoms with Crippen molar-refractivity contribution in [2.45, 2.75) is 44.7 Å². The van der Waals surface area contributed by atoms with Crippen molar-refractivity contribution in [2.75, 3.05) is 25.5 Å². The minimum Gasteiger partial charge on any atom is -0.467 e. The molecule has 4 nitrogen and oxygen atoms in total. The molecule has 4 heteroatoms. The molecule has 1 saturated heterocycles. The molecule has 2 rings (SSSR count). The second-order valence-electron chi connectivity index (χ2n) is 6.05. The largest absolute Gasteiger partial charge is 0.467 e. The molecule has 0 saturated carbocycles. The summed E-state index contributed by atoms with van der Waals surface area (Å²) in [5.74, 6) is -0.156. The van der Waals surface area contributed by atoms with Crippen LogP contribution in [0.4, 0.5) is 5.69 Å². The van der Waals surface area contributed by atoms with Crippen LogP contribution in [0.5, 0.6) is 0 Å². The lowest BCUT2D eigenvalue weighted by molar-refractivity contribution is -0.146. The van der Waals surface area contributed by atoms with Crippen molar-refractivity contribution < 1.29 is 9.53 Å². The molecular formula is C17H26N2O2. The van der Waals surface area contributed by atoms with Crippen molar-refractivity contribution in [1.82, 2.24) is 4.90 Å². The van der Waals surface area contributed by atoms with E-state index >= 15 is 0 Å². The third kappa shape index (κ3) is 3.76. The summed E-state index contributed by atoms with van der Waals surface area (Å²) in [7, 11) is 1.47. The number of para-hydroxylation sites is 1. The van der Waals surface area contributed by atoms with Gasteiger partial charge in [-0.2, -0.15) is 0 Å². The van der Waals surface area contributed by atoms with Crippen molar-refractivity contribution in [2.24, 2.45) is 0 Å². The molecular weight excluding hydrogens is 264 g/mol. The molecule has 0 spiro atoms. The highest BCUT2D eigenvalue weighted by Crippen LogP contribution is 2.29. The molecule has 0 amide bonds. The molecule has 0 radical (unpaired) electrons. The Labute approximate surface area is 127 Å². The normalized spacial score (nSPS) is 23.6. The number of carbonyl (C=O) groups is 1. The zero-order valence-electron chi connectivity index (χ0n) is 13.3. The molecule has 21 heavy (non-hydrogen) atoms. The van der Waals surface area contributed by atoms with Crippen LogP contribution in [-0.2, 0) is 9.53 Å². The summed E-state index contributed by atoms with van der Waals surface area (Å²) in [4.78, 5) is 14.8. The lowest BCUT2D eigenvalue weighted by Crippen LogP contribution is -2.48. The monoisotopic (exact) mass is 290 g/mol. The van der Waals surface area contributed by atoms with Crippen LogP contribution in [0.25, 0.3) is 0 Å². The number of likely N-dealkylation sites (tertiary alicyclic amines) is 1. The van der Waals surface area contributed by atoms with E-state index in [4.69, 9.17) is 4.74 Å². The highest BCUT2D eigenvalue weighted by atomic mass is 16.5. The zero-order chi connectivity index (χ0) is 15.3. The van der Waals surface area contributed by atoms with E-state index in [2.05, 4.69) is 24.1 Å². The quantitative estimate of drug-likeness (QED) is 0.866. The molecule has 0 aromatic heterocycles. The van der Waals surface area contributed by atoms with E-state index in [0.717, 1.165) is 38.0 Å². The van der Waals surface area contributed by atoms with Gasteiger partial charge in [0, 0.05) is 18.3 Å². The minimum absolute atomic E-state index is 0.156. The molecule has 1 N–H and O–H groups in total. The smallest absolute Gasteiger partial charge is 0.331 e. The number of nitrogens with zero attached hydrogens (tertiary/aromatic N) is 1. The number of esters is 1. The Morgan fingerprint density at radius 2 is 1.95 bits per heavy atom. The number of methoxy groups -OCH3 is 1. The van der Waals surface area contributed by atoms with Crippen LogP contribution >= 0.6 is 0 Å². The number of ether oxygens (including phenoxy) is 1. The van der Waals surface area contributed by atoms with Crippen LogP contribution in [0.2, 0.25) is 0 Å². The lowest BCUT2D eigenvalue weighted by Gasteiger charge is -2.32. The van der Waals surface area contributed by atoms with Gasteiger partial charge < -0.3 is 15.0 Å². The van der Waals surface area contributed by atoms with Crippen molar-refractivity contribution in [3.63, 3.8) is 0 Å². The Morgan fingerprint density at radius 1 is 1.24 bits per heavy atom. The Kier molecular flexibility index (Phi) is 5.23. The van der Waals surface area contributed by atoms with E-state index in [1.165, 1.54) is 7.11 Å². The number of nitrogens with one attached hydrogen (secondary N) is 1. The molecule has 1 unspecified atom stereocenters. The SMILES string of the molecule is COC(=O)C1(Nc2ccccc2)CCCN(C(C)C)CC1.